The van der Waals surface area contributed by atoms with Crippen LogP contribution in [0.4, 0.5) is 0 Å². The van der Waals surface area contributed by atoms with E-state index in [1.54, 1.807) is 13.3 Å². The van der Waals surface area contributed by atoms with Crippen LogP contribution >= 0.6 is 15.9 Å². The standard InChI is InChI=1S/C11H9BrN2O2/c1-16-10-3-2-7(4-9(10)12)11-13-5-8(6-15)14-11/h2-6H,1H3,(H,13,14). The minimum absolute atomic E-state index is 0.391. The molecule has 5 heteroatoms. The van der Waals surface area contributed by atoms with Gasteiger partial charge in [0, 0.05) is 11.8 Å². The molecule has 0 aliphatic rings. The minimum Gasteiger partial charge on any atom is -0.496 e. The monoisotopic (exact) mass is 280 g/mol. The normalized spacial score (nSPS) is 10.1. The van der Waals surface area contributed by atoms with Gasteiger partial charge < -0.3 is 9.72 Å². The second-order valence-corrected chi connectivity index (χ2v) is 4.00. The van der Waals surface area contributed by atoms with Crippen molar-refractivity contribution in [3.8, 4) is 17.1 Å². The minimum atomic E-state index is 0.391. The number of methoxy groups -OCH3 is 1. The Kier molecular flexibility index (Phi) is 3.05. The molecule has 0 aliphatic carbocycles. The zero-order chi connectivity index (χ0) is 11.5. The molecule has 0 radical (unpaired) electrons. The number of hydrogen-bond acceptors (Lipinski definition) is 3. The van der Waals surface area contributed by atoms with Crippen molar-refractivity contribution in [3.63, 3.8) is 0 Å². The van der Waals surface area contributed by atoms with Gasteiger partial charge in [-0.3, -0.25) is 4.79 Å². The molecule has 0 saturated heterocycles. The summed E-state index contributed by atoms with van der Waals surface area (Å²) in [6.07, 6.45) is 2.28. The molecule has 0 bridgehead atoms. The second-order valence-electron chi connectivity index (χ2n) is 3.14. The van der Waals surface area contributed by atoms with E-state index < -0.39 is 0 Å². The fourth-order valence-electron chi connectivity index (χ4n) is 1.36. The molecule has 0 unspecified atom stereocenters. The topological polar surface area (TPSA) is 55.0 Å². The first-order valence-electron chi connectivity index (χ1n) is 4.59. The third kappa shape index (κ3) is 1.99. The molecule has 82 valence electrons. The Morgan fingerprint density at radius 3 is 2.88 bits per heavy atom. The molecule has 16 heavy (non-hydrogen) atoms. The maximum atomic E-state index is 10.5. The molecule has 0 aliphatic heterocycles. The Hall–Kier alpha value is -1.62. The van der Waals surface area contributed by atoms with Crippen molar-refractivity contribution >= 4 is 22.2 Å². The Labute approximate surface area is 101 Å². The van der Waals surface area contributed by atoms with Crippen molar-refractivity contribution in [2.45, 2.75) is 0 Å². The van der Waals surface area contributed by atoms with E-state index in [1.807, 2.05) is 18.2 Å². The van der Waals surface area contributed by atoms with Gasteiger partial charge in [-0.25, -0.2) is 4.98 Å². The average molecular weight is 281 g/mol. The van der Waals surface area contributed by atoms with Crippen molar-refractivity contribution in [3.05, 3.63) is 34.6 Å². The number of carbonyl (C=O) groups is 1. The lowest BCUT2D eigenvalue weighted by Gasteiger charge is -2.04. The average Bonchev–Trinajstić information content (AvgIpc) is 2.77. The smallest absolute Gasteiger partial charge is 0.170 e. The fourth-order valence-corrected chi connectivity index (χ4v) is 1.90. The molecule has 0 saturated carbocycles. The van der Waals surface area contributed by atoms with Gasteiger partial charge in [0.2, 0.25) is 0 Å². The number of aromatic amines is 1. The number of aromatic nitrogens is 2. The molecule has 4 nitrogen and oxygen atoms in total. The number of halogens is 1. The van der Waals surface area contributed by atoms with Crippen LogP contribution in [0.5, 0.6) is 5.75 Å². The third-order valence-electron chi connectivity index (χ3n) is 2.14. The molecule has 0 atom stereocenters. The van der Waals surface area contributed by atoms with Crippen LogP contribution in [0.3, 0.4) is 0 Å². The zero-order valence-corrected chi connectivity index (χ0v) is 10.1. The van der Waals surface area contributed by atoms with Crippen LogP contribution in [-0.4, -0.2) is 23.4 Å². The summed E-state index contributed by atoms with van der Waals surface area (Å²) in [6, 6.07) is 5.59. The van der Waals surface area contributed by atoms with Gasteiger partial charge in [0.05, 0.1) is 11.6 Å². The van der Waals surface area contributed by atoms with E-state index in [2.05, 4.69) is 25.9 Å². The molecule has 0 fully saturated rings. The molecule has 2 rings (SSSR count). The predicted octanol–water partition coefficient (Wildman–Crippen LogP) is 2.66. The number of nitrogens with zero attached hydrogens (tertiary/aromatic N) is 1. The number of hydrogen-bond donors (Lipinski definition) is 1. The van der Waals surface area contributed by atoms with Gasteiger partial charge >= 0.3 is 0 Å². The maximum Gasteiger partial charge on any atom is 0.170 e. The van der Waals surface area contributed by atoms with E-state index in [9.17, 15) is 4.79 Å². The van der Waals surface area contributed by atoms with Crippen molar-refractivity contribution in [1.29, 1.82) is 0 Å². The molecule has 1 aromatic heterocycles. The number of carbonyl (C=O) groups excluding carboxylic acids is 1. The number of nitrogens with one attached hydrogen (secondary N) is 1. The highest BCUT2D eigenvalue weighted by atomic mass is 79.9. The first-order chi connectivity index (χ1) is 7.74. The van der Waals surface area contributed by atoms with Gasteiger partial charge in [-0.15, -0.1) is 0 Å². The lowest BCUT2D eigenvalue weighted by Crippen LogP contribution is -1.86. The number of benzene rings is 1. The Morgan fingerprint density at radius 2 is 2.31 bits per heavy atom. The first-order valence-corrected chi connectivity index (χ1v) is 5.38. The lowest BCUT2D eigenvalue weighted by atomic mass is 10.2. The van der Waals surface area contributed by atoms with Gasteiger partial charge in [0.25, 0.3) is 0 Å². The number of H-pyrrole nitrogens is 1. The quantitative estimate of drug-likeness (QED) is 0.880. The number of imidazole rings is 1. The van der Waals surface area contributed by atoms with Crippen LogP contribution in [0.15, 0.2) is 28.9 Å². The van der Waals surface area contributed by atoms with E-state index in [4.69, 9.17) is 4.74 Å². The molecular weight excluding hydrogens is 272 g/mol. The molecule has 0 amide bonds. The molecule has 1 N–H and O–H groups in total. The predicted molar refractivity (Wildman–Crippen MR) is 63.7 cm³/mol. The highest BCUT2D eigenvalue weighted by Crippen LogP contribution is 2.29. The summed E-state index contributed by atoms with van der Waals surface area (Å²) in [7, 11) is 1.61. The summed E-state index contributed by atoms with van der Waals surface area (Å²) in [5, 5.41) is 0. The fraction of sp³-hybridized carbons (Fsp3) is 0.0909. The van der Waals surface area contributed by atoms with Crippen LogP contribution in [-0.2, 0) is 0 Å². The van der Waals surface area contributed by atoms with Crippen LogP contribution in [0.25, 0.3) is 11.4 Å². The van der Waals surface area contributed by atoms with E-state index in [0.29, 0.717) is 17.8 Å². The molecule has 2 aromatic rings. The summed E-state index contributed by atoms with van der Waals surface area (Å²) < 4.78 is 5.97. The summed E-state index contributed by atoms with van der Waals surface area (Å²) in [4.78, 5) is 17.6. The van der Waals surface area contributed by atoms with E-state index in [-0.39, 0.29) is 0 Å². The Morgan fingerprint density at radius 1 is 1.50 bits per heavy atom. The highest BCUT2D eigenvalue weighted by molar-refractivity contribution is 9.10. The number of ether oxygens (including phenoxy) is 1. The zero-order valence-electron chi connectivity index (χ0n) is 8.53. The van der Waals surface area contributed by atoms with Gasteiger partial charge in [-0.2, -0.15) is 0 Å². The van der Waals surface area contributed by atoms with Crippen molar-refractivity contribution in [2.24, 2.45) is 0 Å². The Bertz CT molecular complexity index is 522. The highest BCUT2D eigenvalue weighted by Gasteiger charge is 2.06. The summed E-state index contributed by atoms with van der Waals surface area (Å²) in [5.41, 5.74) is 1.28. The second kappa shape index (κ2) is 4.49. The largest absolute Gasteiger partial charge is 0.496 e. The Balaban J connectivity index is 2.40. The third-order valence-corrected chi connectivity index (χ3v) is 2.76. The molecule has 0 spiro atoms. The van der Waals surface area contributed by atoms with Crippen LogP contribution < -0.4 is 4.74 Å². The van der Waals surface area contributed by atoms with E-state index in [0.717, 1.165) is 15.8 Å². The molecular formula is C11H9BrN2O2. The van der Waals surface area contributed by atoms with E-state index >= 15 is 0 Å². The van der Waals surface area contributed by atoms with Gasteiger partial charge in [0.15, 0.2) is 6.29 Å². The molecule has 1 aromatic carbocycles. The summed E-state index contributed by atoms with van der Waals surface area (Å²) in [6.45, 7) is 0. The van der Waals surface area contributed by atoms with Crippen molar-refractivity contribution < 1.29 is 9.53 Å². The van der Waals surface area contributed by atoms with Crippen molar-refractivity contribution in [2.75, 3.05) is 7.11 Å². The van der Waals surface area contributed by atoms with Gasteiger partial charge in [-0.1, -0.05) is 0 Å². The first kappa shape index (κ1) is 10.9. The van der Waals surface area contributed by atoms with Crippen LogP contribution in [0.1, 0.15) is 10.5 Å². The maximum absolute atomic E-state index is 10.5. The van der Waals surface area contributed by atoms with Gasteiger partial charge in [-0.05, 0) is 34.1 Å². The van der Waals surface area contributed by atoms with Crippen molar-refractivity contribution in [1.82, 2.24) is 9.97 Å². The number of rotatable bonds is 3. The number of aldehydes is 1. The van der Waals surface area contributed by atoms with Crippen LogP contribution in [0.2, 0.25) is 0 Å². The van der Waals surface area contributed by atoms with Crippen LogP contribution in [0, 0.1) is 0 Å². The molecule has 1 heterocycles. The lowest BCUT2D eigenvalue weighted by molar-refractivity contribution is 0.111. The van der Waals surface area contributed by atoms with E-state index in [1.165, 1.54) is 0 Å². The SMILES string of the molecule is COc1ccc(-c2nc(C=O)c[nH]2)cc1Br. The summed E-state index contributed by atoms with van der Waals surface area (Å²) in [5.74, 6) is 1.41. The summed E-state index contributed by atoms with van der Waals surface area (Å²) >= 11 is 3.39. The van der Waals surface area contributed by atoms with Gasteiger partial charge in [0.1, 0.15) is 17.3 Å².